The zero-order valence-electron chi connectivity index (χ0n) is 26.3. The van der Waals surface area contributed by atoms with Gasteiger partial charge >= 0.3 is 0 Å². The molecule has 2 heterocycles. The first-order chi connectivity index (χ1) is 21.8. The fourth-order valence-electron chi connectivity index (χ4n) is 6.90. The highest BCUT2D eigenvalue weighted by molar-refractivity contribution is 6.02. The Morgan fingerprint density at radius 1 is 0.956 bits per heavy atom. The van der Waals surface area contributed by atoms with Gasteiger partial charge in [-0.3, -0.25) is 4.79 Å². The molecule has 6 heteroatoms. The van der Waals surface area contributed by atoms with Gasteiger partial charge < -0.3 is 14.8 Å². The fourth-order valence-corrected chi connectivity index (χ4v) is 6.90. The van der Waals surface area contributed by atoms with Crippen LogP contribution in [0.1, 0.15) is 55.7 Å². The van der Waals surface area contributed by atoms with Crippen molar-refractivity contribution < 1.29 is 14.3 Å². The smallest absolute Gasteiger partial charge is 0.162 e. The molecule has 2 atom stereocenters. The van der Waals surface area contributed by atoms with Gasteiger partial charge in [0, 0.05) is 34.7 Å². The van der Waals surface area contributed by atoms with E-state index in [0.717, 1.165) is 62.9 Å². The molecule has 0 spiro atoms. The molecule has 1 aromatic heterocycles. The van der Waals surface area contributed by atoms with Crippen molar-refractivity contribution in [2.24, 2.45) is 5.41 Å². The summed E-state index contributed by atoms with van der Waals surface area (Å²) >= 11 is 0. The Morgan fingerprint density at radius 2 is 1.67 bits per heavy atom. The van der Waals surface area contributed by atoms with E-state index in [-0.39, 0.29) is 23.2 Å². The second kappa shape index (κ2) is 11.7. The van der Waals surface area contributed by atoms with Gasteiger partial charge in [-0.05, 0) is 54.5 Å². The number of ketones is 1. The second-order valence-electron chi connectivity index (χ2n) is 13.1. The first kappa shape index (κ1) is 29.1. The summed E-state index contributed by atoms with van der Waals surface area (Å²) in [5.74, 6) is 1.56. The molecular weight excluding hydrogens is 558 g/mol. The molecule has 0 bridgehead atoms. The van der Waals surface area contributed by atoms with Crippen molar-refractivity contribution in [3.05, 3.63) is 136 Å². The maximum Gasteiger partial charge on any atom is 0.162 e. The Bertz CT molecular complexity index is 1830. The van der Waals surface area contributed by atoms with E-state index in [4.69, 9.17) is 14.6 Å². The van der Waals surface area contributed by atoms with Gasteiger partial charge in [0.2, 0.25) is 0 Å². The van der Waals surface area contributed by atoms with Crippen molar-refractivity contribution in [1.29, 1.82) is 0 Å². The molecule has 0 radical (unpaired) electrons. The normalized spacial score (nSPS) is 20.5. The summed E-state index contributed by atoms with van der Waals surface area (Å²) in [6.07, 6.45) is 6.04. The number of fused-ring (bicyclic) bond motifs is 1. The molecule has 0 fully saturated rings. The zero-order chi connectivity index (χ0) is 31.1. The number of anilines is 1. The quantitative estimate of drug-likeness (QED) is 0.232. The molecule has 7 rings (SSSR count). The van der Waals surface area contributed by atoms with Crippen LogP contribution in [0, 0.1) is 12.3 Å². The van der Waals surface area contributed by atoms with Crippen LogP contribution in [0.4, 0.5) is 5.82 Å². The van der Waals surface area contributed by atoms with E-state index in [1.807, 2.05) is 41.1 Å². The number of rotatable bonds is 7. The molecule has 1 N–H and O–H groups in total. The number of nitrogens with zero attached hydrogens (tertiary/aromatic N) is 2. The Hall–Kier alpha value is -4.68. The van der Waals surface area contributed by atoms with Gasteiger partial charge in [0.1, 0.15) is 17.7 Å². The van der Waals surface area contributed by atoms with Crippen LogP contribution in [-0.2, 0) is 20.9 Å². The number of benzene rings is 3. The van der Waals surface area contributed by atoms with E-state index in [1.165, 1.54) is 5.56 Å². The van der Waals surface area contributed by atoms with Crippen molar-refractivity contribution >= 4 is 11.6 Å². The summed E-state index contributed by atoms with van der Waals surface area (Å²) in [7, 11) is 1.70. The highest BCUT2D eigenvalue weighted by Gasteiger charge is 2.44. The molecule has 45 heavy (non-hydrogen) atoms. The summed E-state index contributed by atoms with van der Waals surface area (Å²) < 4.78 is 14.3. The third kappa shape index (κ3) is 5.55. The second-order valence-corrected chi connectivity index (χ2v) is 13.1. The summed E-state index contributed by atoms with van der Waals surface area (Å²) in [6.45, 7) is 6.93. The lowest BCUT2D eigenvalue weighted by atomic mass is 9.68. The topological polar surface area (TPSA) is 65.4 Å². The zero-order valence-corrected chi connectivity index (χ0v) is 26.3. The van der Waals surface area contributed by atoms with Crippen LogP contribution in [0.25, 0.3) is 16.9 Å². The van der Waals surface area contributed by atoms with Crippen molar-refractivity contribution in [3.8, 4) is 16.9 Å². The Balaban J connectivity index is 1.37. The van der Waals surface area contributed by atoms with Crippen molar-refractivity contribution in [2.75, 3.05) is 12.4 Å². The van der Waals surface area contributed by atoms with Crippen molar-refractivity contribution in [3.63, 3.8) is 0 Å². The summed E-state index contributed by atoms with van der Waals surface area (Å²) in [6, 6.07) is 28.9. The summed E-state index contributed by atoms with van der Waals surface area (Å²) in [5.41, 5.74) is 8.87. The van der Waals surface area contributed by atoms with E-state index in [1.54, 1.807) is 7.11 Å². The standard InChI is InChI=1S/C39H39N3O3/c1-25-15-18-29(19-16-25)42-38-36(37(41-42)27-13-9-6-10-14-27)34(35-30(40-38)22-39(2,3)23-31(35)43)28-17-20-32(33(21-28)44-4)45-24-26-11-7-5-8-12-26/h5-19,21,32,34,40H,20,22-24H2,1-4H3. The number of ether oxygens (including phenoxy) is 2. The van der Waals surface area contributed by atoms with Gasteiger partial charge in [0.15, 0.2) is 5.78 Å². The lowest BCUT2D eigenvalue weighted by molar-refractivity contribution is -0.118. The Kier molecular flexibility index (Phi) is 7.54. The molecule has 0 amide bonds. The van der Waals surface area contributed by atoms with Gasteiger partial charge in [-0.25, -0.2) is 4.68 Å². The molecule has 1 aliphatic heterocycles. The molecule has 3 aromatic carbocycles. The minimum absolute atomic E-state index is 0.146. The number of aryl methyl sites for hydroxylation is 1. The number of Topliss-reactive ketones (excluding diaryl/α,β-unsaturated/α-hetero) is 1. The van der Waals surface area contributed by atoms with E-state index in [9.17, 15) is 4.79 Å². The first-order valence-electron chi connectivity index (χ1n) is 15.7. The number of hydrogen-bond donors (Lipinski definition) is 1. The van der Waals surface area contributed by atoms with Crippen LogP contribution >= 0.6 is 0 Å². The molecule has 0 saturated heterocycles. The average molecular weight is 598 g/mol. The Labute approximate surface area is 265 Å². The SMILES string of the molecule is COC1=CC(C2C3=C(CC(C)(C)CC3=O)Nc3c2c(-c2ccccc2)nn3-c2ccc(C)cc2)=CCC1OCc1ccccc1. The molecular formula is C39H39N3O3. The number of hydrogen-bond acceptors (Lipinski definition) is 5. The summed E-state index contributed by atoms with van der Waals surface area (Å²) in [5, 5.41) is 9.01. The Morgan fingerprint density at radius 3 is 2.38 bits per heavy atom. The first-order valence-corrected chi connectivity index (χ1v) is 15.7. The fraction of sp³-hybridized carbons (Fsp3) is 0.282. The number of carbonyl (C=O) groups excluding carboxylic acids is 1. The maximum atomic E-state index is 14.1. The van der Waals surface area contributed by atoms with Crippen LogP contribution in [-0.4, -0.2) is 28.8 Å². The number of aromatic nitrogens is 2. The lowest BCUT2D eigenvalue weighted by Gasteiger charge is -2.39. The largest absolute Gasteiger partial charge is 0.498 e. The monoisotopic (exact) mass is 597 g/mol. The molecule has 228 valence electrons. The van der Waals surface area contributed by atoms with Gasteiger partial charge in [-0.1, -0.05) is 98.3 Å². The maximum absolute atomic E-state index is 14.1. The third-order valence-corrected chi connectivity index (χ3v) is 9.07. The molecule has 6 nitrogen and oxygen atoms in total. The van der Waals surface area contributed by atoms with E-state index < -0.39 is 0 Å². The van der Waals surface area contributed by atoms with E-state index in [2.05, 4.69) is 86.8 Å². The molecule has 2 unspecified atom stereocenters. The van der Waals surface area contributed by atoms with Gasteiger partial charge in [0.05, 0.1) is 25.1 Å². The lowest BCUT2D eigenvalue weighted by Crippen LogP contribution is -2.34. The average Bonchev–Trinajstić information content (AvgIpc) is 3.42. The van der Waals surface area contributed by atoms with Crippen LogP contribution < -0.4 is 5.32 Å². The highest BCUT2D eigenvalue weighted by atomic mass is 16.5. The predicted octanol–water partition coefficient (Wildman–Crippen LogP) is 8.45. The summed E-state index contributed by atoms with van der Waals surface area (Å²) in [4.78, 5) is 14.1. The minimum atomic E-state index is -0.297. The van der Waals surface area contributed by atoms with Crippen molar-refractivity contribution in [1.82, 2.24) is 9.78 Å². The highest BCUT2D eigenvalue weighted by Crippen LogP contribution is 2.53. The van der Waals surface area contributed by atoms with Gasteiger partial charge in [0.25, 0.3) is 0 Å². The van der Waals surface area contributed by atoms with Gasteiger partial charge in [-0.2, -0.15) is 5.10 Å². The number of carbonyl (C=O) groups is 1. The van der Waals surface area contributed by atoms with E-state index >= 15 is 0 Å². The number of methoxy groups -OCH3 is 1. The van der Waals surface area contributed by atoms with Crippen LogP contribution in [0.15, 0.2) is 120 Å². The van der Waals surface area contributed by atoms with Gasteiger partial charge in [-0.15, -0.1) is 0 Å². The molecule has 4 aromatic rings. The molecule has 2 aliphatic carbocycles. The van der Waals surface area contributed by atoms with E-state index in [0.29, 0.717) is 19.4 Å². The minimum Gasteiger partial charge on any atom is -0.498 e. The number of nitrogens with one attached hydrogen (secondary N) is 1. The third-order valence-electron chi connectivity index (χ3n) is 9.07. The number of allylic oxidation sites excluding steroid dienone is 4. The predicted molar refractivity (Wildman–Crippen MR) is 178 cm³/mol. The van der Waals surface area contributed by atoms with Crippen LogP contribution in [0.2, 0.25) is 0 Å². The van der Waals surface area contributed by atoms with Crippen LogP contribution in [0.5, 0.6) is 0 Å². The van der Waals surface area contributed by atoms with Crippen LogP contribution in [0.3, 0.4) is 0 Å². The van der Waals surface area contributed by atoms with Crippen molar-refractivity contribution in [2.45, 2.75) is 58.7 Å². The molecule has 0 saturated carbocycles. The molecule has 3 aliphatic rings.